The van der Waals surface area contributed by atoms with Crippen LogP contribution >= 0.6 is 11.3 Å². The zero-order valence-corrected chi connectivity index (χ0v) is 14.7. The summed E-state index contributed by atoms with van der Waals surface area (Å²) in [7, 11) is 0. The number of amides is 2. The first-order valence-electron chi connectivity index (χ1n) is 7.70. The Balaban J connectivity index is 1.63. The van der Waals surface area contributed by atoms with Crippen LogP contribution in [0, 0.1) is 6.92 Å². The number of anilines is 1. The third-order valence-electron chi connectivity index (χ3n) is 3.18. The summed E-state index contributed by atoms with van der Waals surface area (Å²) in [6.07, 6.45) is -0.430. The van der Waals surface area contributed by atoms with Crippen LogP contribution in [-0.4, -0.2) is 35.6 Å². The quantitative estimate of drug-likeness (QED) is 0.548. The molecule has 1 atom stereocenters. The van der Waals surface area contributed by atoms with E-state index in [0.717, 1.165) is 0 Å². The van der Waals surface area contributed by atoms with Gasteiger partial charge in [-0.3, -0.25) is 14.4 Å². The number of carbonyl (C=O) groups excluding carboxylic acids is 3. The number of aromatic nitrogens is 1. The zero-order chi connectivity index (χ0) is 18.2. The van der Waals surface area contributed by atoms with Gasteiger partial charge < -0.3 is 19.9 Å². The lowest BCUT2D eigenvalue weighted by molar-refractivity contribution is -0.153. The molecule has 2 N–H and O–H groups in total. The average molecular weight is 365 g/mol. The Hall–Kier alpha value is -2.68. The van der Waals surface area contributed by atoms with E-state index in [0.29, 0.717) is 24.3 Å². The molecule has 2 aromatic rings. The summed E-state index contributed by atoms with van der Waals surface area (Å²) in [4.78, 5) is 35.3. The van der Waals surface area contributed by atoms with Crippen LogP contribution in [0.3, 0.4) is 0 Å². The Kier molecular flexibility index (Phi) is 6.70. The SMILES string of the molecule is Cc1cc(NC(=O)C(C)OC(=O)CCCNC(=O)c2ccsc2)no1. The van der Waals surface area contributed by atoms with Crippen LogP contribution in [0.5, 0.6) is 0 Å². The molecule has 0 saturated carbocycles. The number of thiophene rings is 1. The lowest BCUT2D eigenvalue weighted by atomic mass is 10.3. The van der Waals surface area contributed by atoms with E-state index < -0.39 is 18.0 Å². The molecule has 2 heterocycles. The van der Waals surface area contributed by atoms with Gasteiger partial charge >= 0.3 is 5.97 Å². The number of esters is 1. The van der Waals surface area contributed by atoms with Gasteiger partial charge in [0.25, 0.3) is 11.8 Å². The third-order valence-corrected chi connectivity index (χ3v) is 3.87. The minimum absolute atomic E-state index is 0.102. The summed E-state index contributed by atoms with van der Waals surface area (Å²) in [5.74, 6) is -0.354. The predicted molar refractivity (Wildman–Crippen MR) is 91.3 cm³/mol. The molecule has 0 aliphatic carbocycles. The molecule has 0 radical (unpaired) electrons. The molecule has 2 rings (SSSR count). The fraction of sp³-hybridized carbons (Fsp3) is 0.375. The van der Waals surface area contributed by atoms with Gasteiger partial charge in [0.1, 0.15) is 5.76 Å². The molecular formula is C16H19N3O5S. The predicted octanol–water partition coefficient (Wildman–Crippen LogP) is 2.12. The Morgan fingerprint density at radius 3 is 2.84 bits per heavy atom. The van der Waals surface area contributed by atoms with Crippen molar-refractivity contribution in [3.05, 3.63) is 34.2 Å². The molecule has 2 amide bonds. The Bertz CT molecular complexity index is 726. The van der Waals surface area contributed by atoms with Crippen molar-refractivity contribution >= 4 is 34.9 Å². The zero-order valence-electron chi connectivity index (χ0n) is 13.9. The summed E-state index contributed by atoms with van der Waals surface area (Å²) in [6.45, 7) is 3.52. The van der Waals surface area contributed by atoms with Crippen LogP contribution in [0.15, 0.2) is 27.4 Å². The minimum atomic E-state index is -0.954. The fourth-order valence-corrected chi connectivity index (χ4v) is 2.53. The number of aryl methyl sites for hydroxylation is 1. The molecule has 9 heteroatoms. The van der Waals surface area contributed by atoms with Gasteiger partial charge in [0, 0.05) is 30.0 Å². The van der Waals surface area contributed by atoms with Crippen molar-refractivity contribution < 1.29 is 23.6 Å². The van der Waals surface area contributed by atoms with Crippen molar-refractivity contribution in [2.24, 2.45) is 0 Å². The molecule has 0 aliphatic rings. The third kappa shape index (κ3) is 6.03. The molecule has 0 aromatic carbocycles. The lowest BCUT2D eigenvalue weighted by Crippen LogP contribution is -2.30. The van der Waals surface area contributed by atoms with Crippen LogP contribution in [-0.2, 0) is 14.3 Å². The summed E-state index contributed by atoms with van der Waals surface area (Å²) < 4.78 is 9.88. The number of rotatable bonds is 8. The largest absolute Gasteiger partial charge is 0.453 e. The van der Waals surface area contributed by atoms with Gasteiger partial charge in [-0.05, 0) is 31.7 Å². The van der Waals surface area contributed by atoms with Gasteiger partial charge in [-0.15, -0.1) is 0 Å². The standard InChI is InChI=1S/C16H19N3O5S/c1-10-8-13(19-24-10)18-15(21)11(2)23-14(20)4-3-6-17-16(22)12-5-7-25-9-12/h5,7-9,11H,3-4,6H2,1-2H3,(H,17,22)(H,18,19,21). The van der Waals surface area contributed by atoms with Crippen LogP contribution in [0.25, 0.3) is 0 Å². The van der Waals surface area contributed by atoms with E-state index in [1.165, 1.54) is 18.3 Å². The summed E-state index contributed by atoms with van der Waals surface area (Å²) in [6, 6.07) is 3.29. The van der Waals surface area contributed by atoms with Gasteiger partial charge in [0.2, 0.25) is 0 Å². The number of nitrogens with zero attached hydrogens (tertiary/aromatic N) is 1. The Morgan fingerprint density at radius 1 is 1.40 bits per heavy atom. The number of nitrogens with one attached hydrogen (secondary N) is 2. The number of ether oxygens (including phenoxy) is 1. The molecule has 25 heavy (non-hydrogen) atoms. The molecule has 0 spiro atoms. The van der Waals surface area contributed by atoms with Crippen molar-refractivity contribution in [1.82, 2.24) is 10.5 Å². The number of hydrogen-bond donors (Lipinski definition) is 2. The topological polar surface area (TPSA) is 111 Å². The molecule has 8 nitrogen and oxygen atoms in total. The van der Waals surface area contributed by atoms with Gasteiger partial charge in [-0.2, -0.15) is 11.3 Å². The van der Waals surface area contributed by atoms with Crippen LogP contribution in [0.1, 0.15) is 35.9 Å². The molecule has 0 fully saturated rings. The van der Waals surface area contributed by atoms with Crippen molar-refractivity contribution in [2.75, 3.05) is 11.9 Å². The Morgan fingerprint density at radius 2 is 2.20 bits per heavy atom. The highest BCUT2D eigenvalue weighted by Gasteiger charge is 2.19. The first-order chi connectivity index (χ1) is 12.0. The molecular weight excluding hydrogens is 346 g/mol. The van der Waals surface area contributed by atoms with E-state index in [1.807, 2.05) is 5.38 Å². The highest BCUT2D eigenvalue weighted by atomic mass is 32.1. The van der Waals surface area contributed by atoms with Gasteiger partial charge in [-0.25, -0.2) is 0 Å². The maximum absolute atomic E-state index is 11.9. The van der Waals surface area contributed by atoms with Crippen LogP contribution in [0.4, 0.5) is 5.82 Å². The van der Waals surface area contributed by atoms with E-state index in [2.05, 4.69) is 15.8 Å². The average Bonchev–Trinajstić information content (AvgIpc) is 3.23. The van der Waals surface area contributed by atoms with E-state index in [1.54, 1.807) is 24.4 Å². The van der Waals surface area contributed by atoms with Gasteiger partial charge in [0.05, 0.1) is 0 Å². The maximum atomic E-state index is 11.9. The normalized spacial score (nSPS) is 11.6. The highest BCUT2D eigenvalue weighted by molar-refractivity contribution is 7.08. The second kappa shape index (κ2) is 8.97. The van der Waals surface area contributed by atoms with E-state index in [-0.39, 0.29) is 18.1 Å². The molecule has 134 valence electrons. The Labute approximate surface area is 148 Å². The molecule has 0 aliphatic heterocycles. The summed E-state index contributed by atoms with van der Waals surface area (Å²) in [5.41, 5.74) is 0.598. The van der Waals surface area contributed by atoms with E-state index >= 15 is 0 Å². The lowest BCUT2D eigenvalue weighted by Gasteiger charge is -2.12. The highest BCUT2D eigenvalue weighted by Crippen LogP contribution is 2.09. The smallest absolute Gasteiger partial charge is 0.306 e. The second-order valence-corrected chi connectivity index (χ2v) is 6.10. The van der Waals surface area contributed by atoms with Crippen molar-refractivity contribution in [3.8, 4) is 0 Å². The summed E-state index contributed by atoms with van der Waals surface area (Å²) >= 11 is 1.44. The van der Waals surface area contributed by atoms with Crippen molar-refractivity contribution in [3.63, 3.8) is 0 Å². The second-order valence-electron chi connectivity index (χ2n) is 5.32. The molecule has 1 unspecified atom stereocenters. The van der Waals surface area contributed by atoms with Crippen LogP contribution in [0.2, 0.25) is 0 Å². The first-order valence-corrected chi connectivity index (χ1v) is 8.64. The molecule has 0 saturated heterocycles. The van der Waals surface area contributed by atoms with Crippen molar-refractivity contribution in [1.29, 1.82) is 0 Å². The number of carbonyl (C=O) groups is 3. The molecule has 2 aromatic heterocycles. The van der Waals surface area contributed by atoms with Crippen molar-refractivity contribution in [2.45, 2.75) is 32.8 Å². The molecule has 0 bridgehead atoms. The monoisotopic (exact) mass is 365 g/mol. The van der Waals surface area contributed by atoms with Gasteiger partial charge in [-0.1, -0.05) is 5.16 Å². The van der Waals surface area contributed by atoms with Crippen LogP contribution < -0.4 is 10.6 Å². The fourth-order valence-electron chi connectivity index (χ4n) is 1.89. The number of hydrogen-bond acceptors (Lipinski definition) is 7. The minimum Gasteiger partial charge on any atom is -0.453 e. The first kappa shape index (κ1) is 18.7. The summed E-state index contributed by atoms with van der Waals surface area (Å²) in [5, 5.41) is 12.4. The van der Waals surface area contributed by atoms with E-state index in [9.17, 15) is 14.4 Å². The van der Waals surface area contributed by atoms with E-state index in [4.69, 9.17) is 9.26 Å². The van der Waals surface area contributed by atoms with Gasteiger partial charge in [0.15, 0.2) is 11.9 Å². The maximum Gasteiger partial charge on any atom is 0.306 e.